The maximum atomic E-state index is 13.0. The van der Waals surface area contributed by atoms with Gasteiger partial charge in [0.2, 0.25) is 5.91 Å². The smallest absolute Gasteiger partial charge is 0.411 e. The molecular weight excluding hydrogens is 534 g/mol. The Balaban J connectivity index is 1.36. The van der Waals surface area contributed by atoms with E-state index in [4.69, 9.17) is 21.3 Å². The Kier molecular flexibility index (Phi) is 8.35. The zero-order valence-electron chi connectivity index (χ0n) is 21.7. The first-order valence-electron chi connectivity index (χ1n) is 12.8. The van der Waals surface area contributed by atoms with Crippen LogP contribution < -0.4 is 16.0 Å². The number of nitrogens with zero attached hydrogens (tertiary/aromatic N) is 5. The van der Waals surface area contributed by atoms with Crippen molar-refractivity contribution in [1.29, 1.82) is 0 Å². The minimum Gasteiger partial charge on any atom is -0.453 e. The molecule has 5 rings (SSSR count). The maximum Gasteiger partial charge on any atom is 0.411 e. The van der Waals surface area contributed by atoms with Crippen LogP contribution in [0.3, 0.4) is 0 Å². The molecule has 40 heavy (non-hydrogen) atoms. The van der Waals surface area contributed by atoms with Crippen LogP contribution in [0.2, 0.25) is 5.02 Å². The van der Waals surface area contributed by atoms with E-state index >= 15 is 0 Å². The minimum absolute atomic E-state index is 0.265. The predicted molar refractivity (Wildman–Crippen MR) is 151 cm³/mol. The third-order valence-corrected chi connectivity index (χ3v) is 6.69. The molecule has 4 aromatic rings. The van der Waals surface area contributed by atoms with Crippen LogP contribution in [-0.4, -0.2) is 55.8 Å². The summed E-state index contributed by atoms with van der Waals surface area (Å²) in [7, 11) is 1.32. The summed E-state index contributed by atoms with van der Waals surface area (Å²) in [4.78, 5) is 32.8. The van der Waals surface area contributed by atoms with E-state index in [1.165, 1.54) is 24.2 Å². The highest BCUT2D eigenvalue weighted by molar-refractivity contribution is 6.30. The zero-order valence-corrected chi connectivity index (χ0v) is 22.5. The third-order valence-electron chi connectivity index (χ3n) is 6.46. The number of aromatic amines is 1. The van der Waals surface area contributed by atoms with E-state index < -0.39 is 6.09 Å². The topological polar surface area (TPSA) is 152 Å². The van der Waals surface area contributed by atoms with Crippen molar-refractivity contribution >= 4 is 41.1 Å². The van der Waals surface area contributed by atoms with E-state index in [1.807, 2.05) is 18.3 Å². The van der Waals surface area contributed by atoms with E-state index in [0.29, 0.717) is 27.8 Å². The quantitative estimate of drug-likeness (QED) is 0.255. The number of hydrogen-bond donors (Lipinski definition) is 4. The van der Waals surface area contributed by atoms with Crippen molar-refractivity contribution in [2.24, 2.45) is 0 Å². The summed E-state index contributed by atoms with van der Waals surface area (Å²) in [5.74, 6) is 0.399. The number of carbonyl (C=O) groups excluding carboxylic acids is 2. The van der Waals surface area contributed by atoms with Crippen LogP contribution in [0.1, 0.15) is 43.1 Å². The Bertz CT molecular complexity index is 1520. The molecule has 0 saturated carbocycles. The van der Waals surface area contributed by atoms with Gasteiger partial charge in [-0.05, 0) is 65.7 Å². The molecule has 1 atom stereocenters. The summed E-state index contributed by atoms with van der Waals surface area (Å²) < 4.78 is 6.21. The molecule has 0 aliphatic carbocycles. The van der Waals surface area contributed by atoms with Crippen LogP contribution >= 0.6 is 11.6 Å². The lowest BCUT2D eigenvalue weighted by molar-refractivity contribution is -0.117. The van der Waals surface area contributed by atoms with Gasteiger partial charge >= 0.3 is 6.09 Å². The number of H-pyrrole nitrogens is 1. The second-order valence-corrected chi connectivity index (χ2v) is 9.61. The van der Waals surface area contributed by atoms with Crippen molar-refractivity contribution in [3.63, 3.8) is 0 Å². The molecular formula is C27H28ClN9O3. The van der Waals surface area contributed by atoms with Gasteiger partial charge in [-0.1, -0.05) is 24.4 Å². The van der Waals surface area contributed by atoms with Crippen LogP contribution in [0.25, 0.3) is 23.0 Å². The molecule has 2 aromatic carbocycles. The Hall–Kier alpha value is -4.71. The number of hydrogen-bond acceptors (Lipinski definition) is 8. The third kappa shape index (κ3) is 6.46. The number of aromatic nitrogens is 6. The van der Waals surface area contributed by atoms with Gasteiger partial charge in [-0.2, -0.15) is 4.68 Å². The lowest BCUT2D eigenvalue weighted by Crippen LogP contribution is -2.27. The number of rotatable bonds is 5. The van der Waals surface area contributed by atoms with Crippen LogP contribution in [0.4, 0.5) is 16.2 Å². The van der Waals surface area contributed by atoms with Crippen molar-refractivity contribution < 1.29 is 14.3 Å². The van der Waals surface area contributed by atoms with Gasteiger partial charge in [0.1, 0.15) is 12.2 Å². The summed E-state index contributed by atoms with van der Waals surface area (Å²) >= 11 is 6.20. The highest BCUT2D eigenvalue weighted by Crippen LogP contribution is 2.32. The summed E-state index contributed by atoms with van der Waals surface area (Å²) in [5, 5.41) is 21.1. The largest absolute Gasteiger partial charge is 0.453 e. The monoisotopic (exact) mass is 561 g/mol. The fraction of sp³-hybridized carbons (Fsp3) is 0.259. The van der Waals surface area contributed by atoms with Crippen LogP contribution in [-0.2, 0) is 9.53 Å². The molecule has 206 valence electrons. The molecule has 2 bridgehead atoms. The number of ether oxygens (including phenoxy) is 1. The molecule has 3 heterocycles. The molecule has 4 N–H and O–H groups in total. The average Bonchev–Trinajstić information content (AvgIpc) is 3.66. The van der Waals surface area contributed by atoms with Gasteiger partial charge in [-0.3, -0.25) is 10.1 Å². The molecule has 0 fully saturated rings. The molecule has 12 nitrogen and oxygen atoms in total. The molecule has 0 spiro atoms. The van der Waals surface area contributed by atoms with Crippen molar-refractivity contribution in [2.45, 2.75) is 31.7 Å². The molecule has 2 amide bonds. The van der Waals surface area contributed by atoms with Crippen molar-refractivity contribution in [1.82, 2.24) is 35.5 Å². The van der Waals surface area contributed by atoms with E-state index in [-0.39, 0.29) is 11.9 Å². The molecule has 1 aliphatic rings. The SMILES string of the molecule is COC(=O)Nc1ccc2c(c1)NCCCCCC(NC(=O)C=Cc1cc(Cl)ccc1-n1cnnn1)c1nc-2c[nH]1. The first kappa shape index (κ1) is 26.9. The molecule has 1 aliphatic heterocycles. The van der Waals surface area contributed by atoms with Gasteiger partial charge in [0.05, 0.1) is 24.5 Å². The Labute approximate surface area is 235 Å². The fourth-order valence-corrected chi connectivity index (χ4v) is 4.67. The summed E-state index contributed by atoms with van der Waals surface area (Å²) in [5.41, 5.74) is 4.44. The van der Waals surface area contributed by atoms with E-state index in [2.05, 4.69) is 36.5 Å². The van der Waals surface area contributed by atoms with Crippen LogP contribution in [0, 0.1) is 0 Å². The highest BCUT2D eigenvalue weighted by atomic mass is 35.5. The standard InChI is InChI=1S/C27H28ClN9O3/c1-40-27(39)32-19-8-9-20-22(14-19)29-12-4-2-3-5-21(26-30-15-23(20)34-26)33-25(38)11-6-17-13-18(28)7-10-24(17)37-16-31-35-36-37/h6-11,13-16,21,29H,2-5,12H2,1H3,(H,30,34)(H,32,39)(H,33,38). The molecule has 1 unspecified atom stereocenters. The first-order chi connectivity index (χ1) is 19.5. The fourth-order valence-electron chi connectivity index (χ4n) is 4.49. The molecule has 2 aromatic heterocycles. The Morgan fingerprint density at radius 3 is 2.90 bits per heavy atom. The minimum atomic E-state index is -0.537. The van der Waals surface area contributed by atoms with Gasteiger partial charge in [0.15, 0.2) is 0 Å². The van der Waals surface area contributed by atoms with Gasteiger partial charge < -0.3 is 20.4 Å². The lowest BCUT2D eigenvalue weighted by atomic mass is 10.1. The highest BCUT2D eigenvalue weighted by Gasteiger charge is 2.20. The van der Waals surface area contributed by atoms with Gasteiger partial charge in [0.25, 0.3) is 0 Å². The van der Waals surface area contributed by atoms with Gasteiger partial charge in [-0.15, -0.1) is 5.10 Å². The average molecular weight is 562 g/mol. The predicted octanol–water partition coefficient (Wildman–Crippen LogP) is 4.74. The number of amides is 2. The summed E-state index contributed by atoms with van der Waals surface area (Å²) in [6.45, 7) is 0.759. The molecule has 0 radical (unpaired) electrons. The summed E-state index contributed by atoms with van der Waals surface area (Å²) in [6.07, 6.45) is 9.46. The van der Waals surface area contributed by atoms with Gasteiger partial charge in [0, 0.05) is 46.3 Å². The summed E-state index contributed by atoms with van der Waals surface area (Å²) in [6, 6.07) is 10.5. The molecule has 13 heteroatoms. The number of methoxy groups -OCH3 is 1. The second kappa shape index (κ2) is 12.4. The number of tetrazole rings is 1. The van der Waals surface area contributed by atoms with E-state index in [0.717, 1.165) is 49.2 Å². The van der Waals surface area contributed by atoms with Crippen molar-refractivity contribution in [2.75, 3.05) is 24.3 Å². The second-order valence-electron chi connectivity index (χ2n) is 9.18. The Morgan fingerprint density at radius 2 is 2.08 bits per heavy atom. The molecule has 0 saturated heterocycles. The number of halogens is 1. The van der Waals surface area contributed by atoms with E-state index in [1.54, 1.807) is 30.3 Å². The Morgan fingerprint density at radius 1 is 1.18 bits per heavy atom. The van der Waals surface area contributed by atoms with Crippen molar-refractivity contribution in [3.05, 3.63) is 71.4 Å². The van der Waals surface area contributed by atoms with Crippen LogP contribution in [0.5, 0.6) is 0 Å². The van der Waals surface area contributed by atoms with Crippen LogP contribution in [0.15, 0.2) is 55.0 Å². The number of benzene rings is 2. The lowest BCUT2D eigenvalue weighted by Gasteiger charge is -2.17. The number of fused-ring (bicyclic) bond motifs is 4. The first-order valence-corrected chi connectivity index (χ1v) is 13.2. The number of anilines is 2. The zero-order chi connectivity index (χ0) is 27.9. The number of imidazole rings is 1. The number of carbonyl (C=O) groups is 2. The van der Waals surface area contributed by atoms with Crippen molar-refractivity contribution in [3.8, 4) is 16.9 Å². The maximum absolute atomic E-state index is 13.0. The van der Waals surface area contributed by atoms with Gasteiger partial charge in [-0.25, -0.2) is 9.78 Å². The van der Waals surface area contributed by atoms with E-state index in [9.17, 15) is 9.59 Å². The normalized spacial score (nSPS) is 15.3. The number of nitrogens with one attached hydrogen (secondary N) is 4.